The number of rotatable bonds is 6. The molecule has 0 atom stereocenters. The van der Waals surface area contributed by atoms with Gasteiger partial charge in [0, 0.05) is 44.0 Å². The van der Waals surface area contributed by atoms with Crippen LogP contribution in [0.4, 0.5) is 0 Å². The first kappa shape index (κ1) is 30.8. The van der Waals surface area contributed by atoms with Crippen LogP contribution in [0.25, 0.3) is 100 Å². The number of fused-ring (bicyclic) bond motifs is 5. The maximum absolute atomic E-state index is 5.17. The molecule has 53 heavy (non-hydrogen) atoms. The average molecular weight is 697 g/mol. The lowest BCUT2D eigenvalue weighted by atomic mass is 9.94. The van der Waals surface area contributed by atoms with Crippen molar-refractivity contribution < 1.29 is 0 Å². The number of benzene rings is 7. The summed E-state index contributed by atoms with van der Waals surface area (Å²) in [6.07, 6.45) is 0. The normalized spacial score (nSPS) is 11.4. The number of para-hydroxylation sites is 1. The van der Waals surface area contributed by atoms with E-state index < -0.39 is 0 Å². The molecule has 3 heterocycles. The van der Waals surface area contributed by atoms with Gasteiger partial charge in [-0.1, -0.05) is 158 Å². The number of pyridine rings is 1. The fourth-order valence-electron chi connectivity index (χ4n) is 6.99. The third-order valence-electron chi connectivity index (χ3n) is 9.62. The van der Waals surface area contributed by atoms with Crippen molar-refractivity contribution >= 4 is 44.4 Å². The van der Waals surface area contributed by atoms with Crippen molar-refractivity contribution in [3.05, 3.63) is 170 Å². The second-order valence-corrected chi connectivity index (χ2v) is 13.4. The van der Waals surface area contributed by atoms with E-state index in [2.05, 4.69) is 121 Å². The Morgan fingerprint density at radius 2 is 0.792 bits per heavy atom. The molecule has 6 nitrogen and oxygen atoms in total. The van der Waals surface area contributed by atoms with Gasteiger partial charge < -0.3 is 0 Å². The molecule has 0 aliphatic rings. The summed E-state index contributed by atoms with van der Waals surface area (Å²) >= 11 is 1.24. The second kappa shape index (κ2) is 13.0. The van der Waals surface area contributed by atoms with Gasteiger partial charge in [0.1, 0.15) is 11.0 Å². The molecule has 248 valence electrons. The Hall–Kier alpha value is -6.96. The predicted molar refractivity (Wildman–Crippen MR) is 216 cm³/mol. The number of nitrogens with zero attached hydrogens (tertiary/aromatic N) is 6. The Kier molecular flexibility index (Phi) is 7.55. The Bertz CT molecular complexity index is 2910. The van der Waals surface area contributed by atoms with Crippen molar-refractivity contribution in [3.63, 3.8) is 0 Å². The van der Waals surface area contributed by atoms with Crippen LogP contribution in [0.2, 0.25) is 0 Å². The summed E-state index contributed by atoms with van der Waals surface area (Å²) < 4.78 is 9.69. The molecular formula is C46H28N6S. The standard InChI is InChI=1S/C46H28N6S/c1-4-12-29(13-5-1)30-20-24-34(25-21-30)45-48-44(33-16-8-3-9-17-33)49-46(50-45)35-26-22-31(23-27-35)37-28-38-40(43-42(37)51-53-52-43)36-18-10-11-19-39(36)47-41(38)32-14-6-2-7-15-32/h1-28H. The summed E-state index contributed by atoms with van der Waals surface area (Å²) in [6, 6.07) is 58.0. The van der Waals surface area contributed by atoms with Crippen molar-refractivity contribution in [1.29, 1.82) is 0 Å². The topological polar surface area (TPSA) is 77.3 Å². The highest BCUT2D eigenvalue weighted by atomic mass is 32.1. The molecule has 0 amide bonds. The van der Waals surface area contributed by atoms with Crippen LogP contribution in [0.3, 0.4) is 0 Å². The van der Waals surface area contributed by atoms with Crippen LogP contribution in [0.15, 0.2) is 170 Å². The van der Waals surface area contributed by atoms with Crippen molar-refractivity contribution in [2.24, 2.45) is 0 Å². The molecule has 0 spiro atoms. The molecule has 0 saturated heterocycles. The predicted octanol–water partition coefficient (Wildman–Crippen LogP) is 11.6. The molecule has 0 unspecified atom stereocenters. The zero-order chi connectivity index (χ0) is 35.1. The average Bonchev–Trinajstić information content (AvgIpc) is 3.74. The molecule has 7 heteroatoms. The van der Waals surface area contributed by atoms with Crippen molar-refractivity contribution in [2.45, 2.75) is 0 Å². The Labute approximate surface area is 309 Å². The van der Waals surface area contributed by atoms with Gasteiger partial charge in [-0.15, -0.1) is 0 Å². The smallest absolute Gasteiger partial charge is 0.164 e. The highest BCUT2D eigenvalue weighted by molar-refractivity contribution is 7.00. The van der Waals surface area contributed by atoms with E-state index in [1.54, 1.807) is 0 Å². The van der Waals surface area contributed by atoms with E-state index in [0.717, 1.165) is 77.3 Å². The molecular weight excluding hydrogens is 669 g/mol. The quantitative estimate of drug-likeness (QED) is 0.161. The van der Waals surface area contributed by atoms with Gasteiger partial charge in [-0.05, 0) is 28.8 Å². The maximum atomic E-state index is 5.17. The lowest BCUT2D eigenvalue weighted by molar-refractivity contribution is 1.07. The zero-order valence-electron chi connectivity index (χ0n) is 28.3. The Morgan fingerprint density at radius 3 is 1.42 bits per heavy atom. The summed E-state index contributed by atoms with van der Waals surface area (Å²) in [5.41, 5.74) is 11.7. The van der Waals surface area contributed by atoms with Crippen molar-refractivity contribution in [2.75, 3.05) is 0 Å². The third kappa shape index (κ3) is 5.60. The third-order valence-corrected chi connectivity index (χ3v) is 10.1. The maximum Gasteiger partial charge on any atom is 0.164 e. The molecule has 0 N–H and O–H groups in total. The second-order valence-electron chi connectivity index (χ2n) is 12.8. The van der Waals surface area contributed by atoms with Gasteiger partial charge in [-0.3, -0.25) is 0 Å². The minimum absolute atomic E-state index is 0.605. The SMILES string of the molecule is c1ccc(-c2ccc(-c3nc(-c4ccccc4)nc(-c4ccc(-c5cc6c(-c7ccccc7)nc7ccccc7c6c6nsnc56)cc4)n3)cc2)cc1. The molecule has 7 aromatic carbocycles. The minimum atomic E-state index is 0.605. The highest BCUT2D eigenvalue weighted by Crippen LogP contribution is 2.41. The van der Waals surface area contributed by atoms with Gasteiger partial charge in [0.25, 0.3) is 0 Å². The van der Waals surface area contributed by atoms with Crippen LogP contribution in [-0.4, -0.2) is 28.7 Å². The first-order valence-corrected chi connectivity index (χ1v) is 18.1. The largest absolute Gasteiger partial charge is 0.247 e. The van der Waals surface area contributed by atoms with Gasteiger partial charge in [0.15, 0.2) is 17.5 Å². The Morgan fingerprint density at radius 1 is 0.340 bits per heavy atom. The molecule has 0 fully saturated rings. The van der Waals surface area contributed by atoms with E-state index in [1.165, 1.54) is 17.3 Å². The van der Waals surface area contributed by atoms with E-state index in [1.807, 2.05) is 48.5 Å². The van der Waals surface area contributed by atoms with Crippen LogP contribution in [-0.2, 0) is 0 Å². The lowest BCUT2D eigenvalue weighted by Crippen LogP contribution is -2.00. The first-order chi connectivity index (χ1) is 26.3. The molecule has 0 aliphatic heterocycles. The molecule has 0 bridgehead atoms. The number of hydrogen-bond donors (Lipinski definition) is 0. The van der Waals surface area contributed by atoms with E-state index in [9.17, 15) is 0 Å². The van der Waals surface area contributed by atoms with E-state index in [0.29, 0.717) is 17.5 Å². The van der Waals surface area contributed by atoms with Gasteiger partial charge in [0.2, 0.25) is 0 Å². The fourth-order valence-corrected chi connectivity index (χ4v) is 7.56. The number of aromatic nitrogens is 6. The molecule has 3 aromatic heterocycles. The minimum Gasteiger partial charge on any atom is -0.247 e. The van der Waals surface area contributed by atoms with E-state index in [4.69, 9.17) is 28.7 Å². The summed E-state index contributed by atoms with van der Waals surface area (Å²) in [5.74, 6) is 1.85. The van der Waals surface area contributed by atoms with Crippen LogP contribution in [0, 0.1) is 0 Å². The summed E-state index contributed by atoms with van der Waals surface area (Å²) in [6.45, 7) is 0. The highest BCUT2D eigenvalue weighted by Gasteiger charge is 2.20. The molecule has 10 rings (SSSR count). The van der Waals surface area contributed by atoms with Crippen molar-refractivity contribution in [1.82, 2.24) is 28.7 Å². The van der Waals surface area contributed by atoms with Crippen LogP contribution in [0.1, 0.15) is 0 Å². The first-order valence-electron chi connectivity index (χ1n) is 17.4. The van der Waals surface area contributed by atoms with Gasteiger partial charge in [-0.2, -0.15) is 8.75 Å². The van der Waals surface area contributed by atoms with Gasteiger partial charge >= 0.3 is 0 Å². The summed E-state index contributed by atoms with van der Waals surface area (Å²) in [5, 5.41) is 3.18. The number of hydrogen-bond acceptors (Lipinski definition) is 7. The molecule has 0 radical (unpaired) electrons. The monoisotopic (exact) mass is 696 g/mol. The fraction of sp³-hybridized carbons (Fsp3) is 0. The van der Waals surface area contributed by atoms with Crippen molar-refractivity contribution in [3.8, 4) is 67.7 Å². The zero-order valence-corrected chi connectivity index (χ0v) is 29.1. The van der Waals surface area contributed by atoms with E-state index >= 15 is 0 Å². The summed E-state index contributed by atoms with van der Waals surface area (Å²) in [7, 11) is 0. The lowest BCUT2D eigenvalue weighted by Gasteiger charge is -2.13. The molecule has 0 saturated carbocycles. The summed E-state index contributed by atoms with van der Waals surface area (Å²) in [4.78, 5) is 20.1. The van der Waals surface area contributed by atoms with Crippen LogP contribution in [0.5, 0.6) is 0 Å². The van der Waals surface area contributed by atoms with E-state index in [-0.39, 0.29) is 0 Å². The molecule has 10 aromatic rings. The van der Waals surface area contributed by atoms with Crippen LogP contribution >= 0.6 is 11.7 Å². The van der Waals surface area contributed by atoms with Gasteiger partial charge in [-0.25, -0.2) is 19.9 Å². The molecule has 0 aliphatic carbocycles. The van der Waals surface area contributed by atoms with Gasteiger partial charge in [0.05, 0.1) is 22.9 Å². The Balaban J connectivity index is 1.10. The van der Waals surface area contributed by atoms with Crippen LogP contribution < -0.4 is 0 Å².